The number of nitrogens with zero attached hydrogens (tertiary/aromatic N) is 3. The Kier molecular flexibility index (Phi) is 4.27. The summed E-state index contributed by atoms with van der Waals surface area (Å²) in [6.07, 6.45) is 2.92. The van der Waals surface area contributed by atoms with Crippen LogP contribution in [0.5, 0.6) is 0 Å². The molecule has 0 aliphatic heterocycles. The predicted molar refractivity (Wildman–Crippen MR) is 67.6 cm³/mol. The van der Waals surface area contributed by atoms with Gasteiger partial charge in [0.1, 0.15) is 6.33 Å². The molecule has 0 radical (unpaired) electrons. The molecule has 17 heavy (non-hydrogen) atoms. The Morgan fingerprint density at radius 2 is 2.06 bits per heavy atom. The molecule has 0 spiro atoms. The Balaban J connectivity index is 1.90. The van der Waals surface area contributed by atoms with E-state index in [9.17, 15) is 0 Å². The van der Waals surface area contributed by atoms with Crippen molar-refractivity contribution in [2.24, 2.45) is 0 Å². The summed E-state index contributed by atoms with van der Waals surface area (Å²) < 4.78 is 1.87. The number of benzene rings is 1. The summed E-state index contributed by atoms with van der Waals surface area (Å²) >= 11 is 0. The number of rotatable bonds is 6. The van der Waals surface area contributed by atoms with Gasteiger partial charge in [0.15, 0.2) is 5.82 Å². The summed E-state index contributed by atoms with van der Waals surface area (Å²) in [4.78, 5) is 4.27. The lowest BCUT2D eigenvalue weighted by atomic mass is 10.2. The van der Waals surface area contributed by atoms with Gasteiger partial charge >= 0.3 is 0 Å². The van der Waals surface area contributed by atoms with Gasteiger partial charge in [-0.05, 0) is 18.5 Å². The van der Waals surface area contributed by atoms with Crippen LogP contribution in [0, 0.1) is 0 Å². The highest BCUT2D eigenvalue weighted by molar-refractivity contribution is 5.14. The number of aromatic nitrogens is 3. The Hall–Kier alpha value is -1.68. The first kappa shape index (κ1) is 11.8. The third kappa shape index (κ3) is 3.67. The topological polar surface area (TPSA) is 42.7 Å². The molecule has 0 aliphatic carbocycles. The second-order valence-electron chi connectivity index (χ2n) is 4.02. The van der Waals surface area contributed by atoms with Gasteiger partial charge in [-0.15, -0.1) is 0 Å². The van der Waals surface area contributed by atoms with E-state index < -0.39 is 0 Å². The molecule has 0 saturated heterocycles. The first-order valence-corrected chi connectivity index (χ1v) is 6.01. The van der Waals surface area contributed by atoms with Gasteiger partial charge in [-0.1, -0.05) is 37.3 Å². The van der Waals surface area contributed by atoms with Gasteiger partial charge in [-0.3, -0.25) is 0 Å². The van der Waals surface area contributed by atoms with Crippen LogP contribution in [0.3, 0.4) is 0 Å². The van der Waals surface area contributed by atoms with Crippen molar-refractivity contribution >= 4 is 0 Å². The Labute approximate surface area is 102 Å². The molecule has 1 aromatic carbocycles. The largest absolute Gasteiger partial charge is 0.310 e. The van der Waals surface area contributed by atoms with Crippen LogP contribution < -0.4 is 5.32 Å². The van der Waals surface area contributed by atoms with E-state index in [1.807, 2.05) is 22.9 Å². The quantitative estimate of drug-likeness (QED) is 0.770. The predicted octanol–water partition coefficient (Wildman–Crippen LogP) is 1.83. The molecular weight excluding hydrogens is 212 g/mol. The van der Waals surface area contributed by atoms with Crippen LogP contribution in [-0.4, -0.2) is 21.3 Å². The summed E-state index contributed by atoms with van der Waals surface area (Å²) in [7, 11) is 0. The van der Waals surface area contributed by atoms with Gasteiger partial charge in [0, 0.05) is 0 Å². The normalized spacial score (nSPS) is 10.6. The molecule has 2 rings (SSSR count). The van der Waals surface area contributed by atoms with Gasteiger partial charge in [-0.2, -0.15) is 5.10 Å². The minimum atomic E-state index is 0.746. The van der Waals surface area contributed by atoms with Crippen molar-refractivity contribution in [1.29, 1.82) is 0 Å². The van der Waals surface area contributed by atoms with Gasteiger partial charge in [0.2, 0.25) is 0 Å². The molecule has 90 valence electrons. The molecule has 2 aromatic rings. The molecule has 1 heterocycles. The van der Waals surface area contributed by atoms with E-state index in [-0.39, 0.29) is 0 Å². The fourth-order valence-electron chi connectivity index (χ4n) is 1.64. The summed E-state index contributed by atoms with van der Waals surface area (Å²) in [5, 5.41) is 7.71. The molecule has 4 nitrogen and oxygen atoms in total. The third-order valence-corrected chi connectivity index (χ3v) is 2.48. The van der Waals surface area contributed by atoms with Gasteiger partial charge < -0.3 is 5.32 Å². The Bertz CT molecular complexity index is 436. The lowest BCUT2D eigenvalue weighted by Gasteiger charge is -2.00. The SMILES string of the molecule is CCCNCc1ncn(Cc2ccccc2)n1. The van der Waals surface area contributed by atoms with E-state index in [1.54, 1.807) is 6.33 Å². The highest BCUT2D eigenvalue weighted by Crippen LogP contribution is 2.01. The third-order valence-electron chi connectivity index (χ3n) is 2.48. The van der Waals surface area contributed by atoms with Crippen molar-refractivity contribution in [3.05, 3.63) is 48.0 Å². The van der Waals surface area contributed by atoms with Gasteiger partial charge in [-0.25, -0.2) is 9.67 Å². The van der Waals surface area contributed by atoms with E-state index in [1.165, 1.54) is 5.56 Å². The van der Waals surface area contributed by atoms with E-state index in [2.05, 4.69) is 34.5 Å². The average molecular weight is 230 g/mol. The minimum absolute atomic E-state index is 0.746. The molecular formula is C13H18N4. The molecule has 0 fully saturated rings. The standard InChI is InChI=1S/C13H18N4/c1-2-8-14-9-13-15-11-17(16-13)10-12-6-4-3-5-7-12/h3-7,11,14H,2,8-10H2,1H3. The second kappa shape index (κ2) is 6.15. The highest BCUT2D eigenvalue weighted by Gasteiger charge is 2.00. The molecule has 0 unspecified atom stereocenters. The van der Waals surface area contributed by atoms with Crippen molar-refractivity contribution in [1.82, 2.24) is 20.1 Å². The minimum Gasteiger partial charge on any atom is -0.310 e. The van der Waals surface area contributed by atoms with Crippen molar-refractivity contribution in [3.8, 4) is 0 Å². The summed E-state index contributed by atoms with van der Waals surface area (Å²) in [6.45, 7) is 4.68. The number of nitrogens with one attached hydrogen (secondary N) is 1. The molecule has 0 bridgehead atoms. The lowest BCUT2D eigenvalue weighted by molar-refractivity contribution is 0.625. The smallest absolute Gasteiger partial charge is 0.164 e. The molecule has 0 amide bonds. The summed E-state index contributed by atoms with van der Waals surface area (Å²) in [6, 6.07) is 10.3. The number of hydrogen-bond donors (Lipinski definition) is 1. The maximum absolute atomic E-state index is 4.42. The van der Waals surface area contributed by atoms with Gasteiger partial charge in [0.05, 0.1) is 13.1 Å². The van der Waals surface area contributed by atoms with Crippen LogP contribution >= 0.6 is 0 Å². The molecule has 1 aromatic heterocycles. The van der Waals surface area contributed by atoms with E-state index >= 15 is 0 Å². The van der Waals surface area contributed by atoms with Crippen molar-refractivity contribution in [2.75, 3.05) is 6.54 Å². The monoisotopic (exact) mass is 230 g/mol. The molecule has 4 heteroatoms. The van der Waals surface area contributed by atoms with E-state index in [4.69, 9.17) is 0 Å². The molecule has 0 aliphatic rings. The number of hydrogen-bond acceptors (Lipinski definition) is 3. The van der Waals surface area contributed by atoms with Crippen LogP contribution in [-0.2, 0) is 13.1 Å². The molecule has 0 atom stereocenters. The Morgan fingerprint density at radius 3 is 2.82 bits per heavy atom. The lowest BCUT2D eigenvalue weighted by Crippen LogP contribution is -2.15. The maximum Gasteiger partial charge on any atom is 0.164 e. The van der Waals surface area contributed by atoms with Crippen LogP contribution in [0.1, 0.15) is 24.7 Å². The fourth-order valence-corrected chi connectivity index (χ4v) is 1.64. The zero-order valence-corrected chi connectivity index (χ0v) is 10.1. The summed E-state index contributed by atoms with van der Waals surface area (Å²) in [5.74, 6) is 0.856. The van der Waals surface area contributed by atoms with Crippen LogP contribution in [0.15, 0.2) is 36.7 Å². The van der Waals surface area contributed by atoms with E-state index in [0.717, 1.165) is 31.9 Å². The van der Waals surface area contributed by atoms with Crippen molar-refractivity contribution in [3.63, 3.8) is 0 Å². The second-order valence-corrected chi connectivity index (χ2v) is 4.02. The van der Waals surface area contributed by atoms with Crippen LogP contribution in [0.25, 0.3) is 0 Å². The fraction of sp³-hybridized carbons (Fsp3) is 0.385. The van der Waals surface area contributed by atoms with Crippen molar-refractivity contribution in [2.45, 2.75) is 26.4 Å². The van der Waals surface area contributed by atoms with Crippen LogP contribution in [0.4, 0.5) is 0 Å². The zero-order chi connectivity index (χ0) is 11.9. The van der Waals surface area contributed by atoms with Gasteiger partial charge in [0.25, 0.3) is 0 Å². The highest BCUT2D eigenvalue weighted by atomic mass is 15.3. The van der Waals surface area contributed by atoms with Crippen molar-refractivity contribution < 1.29 is 0 Å². The first-order chi connectivity index (χ1) is 8.38. The zero-order valence-electron chi connectivity index (χ0n) is 10.1. The summed E-state index contributed by atoms with van der Waals surface area (Å²) in [5.41, 5.74) is 1.24. The average Bonchev–Trinajstić information content (AvgIpc) is 2.79. The first-order valence-electron chi connectivity index (χ1n) is 6.01. The molecule has 0 saturated carbocycles. The van der Waals surface area contributed by atoms with E-state index in [0.29, 0.717) is 0 Å². The Morgan fingerprint density at radius 1 is 1.24 bits per heavy atom. The maximum atomic E-state index is 4.42. The molecule has 1 N–H and O–H groups in total. The van der Waals surface area contributed by atoms with Crippen LogP contribution in [0.2, 0.25) is 0 Å².